The summed E-state index contributed by atoms with van der Waals surface area (Å²) < 4.78 is 5.31. The first-order valence-electron chi connectivity index (χ1n) is 9.16. The summed E-state index contributed by atoms with van der Waals surface area (Å²) in [5, 5.41) is 11.5. The molecule has 1 fully saturated rings. The van der Waals surface area contributed by atoms with Crippen molar-refractivity contribution in [3.8, 4) is 5.75 Å². The van der Waals surface area contributed by atoms with Crippen LogP contribution < -0.4 is 4.74 Å². The number of aliphatic hydroxyl groups excluding tert-OH is 1. The lowest BCUT2D eigenvalue weighted by molar-refractivity contribution is -0.140. The Morgan fingerprint density at radius 1 is 1.17 bits per heavy atom. The van der Waals surface area contributed by atoms with E-state index < -0.39 is 17.7 Å². The second kappa shape index (κ2) is 8.68. The zero-order chi connectivity index (χ0) is 21.1. The molecule has 6 nitrogen and oxygen atoms in total. The van der Waals surface area contributed by atoms with Gasteiger partial charge in [0.05, 0.1) is 18.7 Å². The molecule has 0 unspecified atom stereocenters. The molecular formula is C22H23ClN2O4. The number of ketones is 1. The van der Waals surface area contributed by atoms with Crippen molar-refractivity contribution < 1.29 is 19.4 Å². The Balaban J connectivity index is 2.15. The Bertz CT molecular complexity index is 954. The number of ether oxygens (including phenoxy) is 1. The predicted octanol–water partition coefficient (Wildman–Crippen LogP) is 3.33. The molecule has 0 saturated carbocycles. The average Bonchev–Trinajstić information content (AvgIpc) is 2.97. The van der Waals surface area contributed by atoms with Crippen LogP contribution in [-0.2, 0) is 9.59 Å². The third-order valence-corrected chi connectivity index (χ3v) is 5.11. The normalized spacial score (nSPS) is 18.5. The van der Waals surface area contributed by atoms with Crippen molar-refractivity contribution in [2.45, 2.75) is 6.04 Å². The fourth-order valence-electron chi connectivity index (χ4n) is 3.34. The van der Waals surface area contributed by atoms with Gasteiger partial charge in [-0.3, -0.25) is 9.59 Å². The Labute approximate surface area is 174 Å². The molecule has 2 aromatic carbocycles. The van der Waals surface area contributed by atoms with Crippen molar-refractivity contribution >= 4 is 29.1 Å². The summed E-state index contributed by atoms with van der Waals surface area (Å²) in [6.07, 6.45) is 0. The molecule has 0 radical (unpaired) electrons. The number of benzene rings is 2. The summed E-state index contributed by atoms with van der Waals surface area (Å²) >= 11 is 5.93. The van der Waals surface area contributed by atoms with Crippen molar-refractivity contribution in [1.82, 2.24) is 9.80 Å². The van der Waals surface area contributed by atoms with Gasteiger partial charge in [0, 0.05) is 23.7 Å². The topological polar surface area (TPSA) is 70.1 Å². The zero-order valence-corrected chi connectivity index (χ0v) is 17.3. The number of carbonyl (C=O) groups excluding carboxylic acids is 2. The fourth-order valence-corrected chi connectivity index (χ4v) is 3.47. The minimum absolute atomic E-state index is 0.0596. The number of likely N-dealkylation sites (N-methyl/N-ethyl adjacent to an activating group) is 1. The van der Waals surface area contributed by atoms with Crippen LogP contribution in [0.2, 0.25) is 5.02 Å². The molecule has 1 heterocycles. The number of likely N-dealkylation sites (tertiary alicyclic amines) is 1. The standard InChI is InChI=1S/C22H23ClN2O4/c1-24(2)11-12-25-19(15-5-4-6-17(13-15)29-3)18(21(27)22(25)28)20(26)14-7-9-16(23)10-8-14/h4-10,13,19,26H,11-12H2,1-3H3/b20-18+/t19-/m1/s1. The second-order valence-corrected chi connectivity index (χ2v) is 7.52. The van der Waals surface area contributed by atoms with Crippen molar-refractivity contribution in [3.63, 3.8) is 0 Å². The number of halogens is 1. The van der Waals surface area contributed by atoms with E-state index >= 15 is 0 Å². The van der Waals surface area contributed by atoms with Crippen LogP contribution in [0.3, 0.4) is 0 Å². The molecule has 1 saturated heterocycles. The van der Waals surface area contributed by atoms with Gasteiger partial charge in [0.25, 0.3) is 11.7 Å². The largest absolute Gasteiger partial charge is 0.507 e. The molecule has 29 heavy (non-hydrogen) atoms. The van der Waals surface area contributed by atoms with Crippen LogP contribution in [0.4, 0.5) is 0 Å². The molecular weight excluding hydrogens is 392 g/mol. The third-order valence-electron chi connectivity index (χ3n) is 4.86. The van der Waals surface area contributed by atoms with Gasteiger partial charge in [-0.15, -0.1) is 0 Å². The van der Waals surface area contributed by atoms with Crippen LogP contribution in [0.1, 0.15) is 17.2 Å². The Morgan fingerprint density at radius 3 is 2.48 bits per heavy atom. The van der Waals surface area contributed by atoms with Crippen LogP contribution >= 0.6 is 11.6 Å². The SMILES string of the molecule is COc1cccc([C@@H]2/C(=C(\O)c3ccc(Cl)cc3)C(=O)C(=O)N2CCN(C)C)c1. The van der Waals surface area contributed by atoms with E-state index in [4.69, 9.17) is 16.3 Å². The van der Waals surface area contributed by atoms with Gasteiger partial charge in [-0.05, 0) is 56.1 Å². The van der Waals surface area contributed by atoms with Crippen molar-refractivity contribution in [1.29, 1.82) is 0 Å². The molecule has 0 bridgehead atoms. The van der Waals surface area contributed by atoms with Crippen molar-refractivity contribution in [2.75, 3.05) is 34.3 Å². The summed E-state index contributed by atoms with van der Waals surface area (Å²) in [4.78, 5) is 29.1. The molecule has 1 atom stereocenters. The maximum absolute atomic E-state index is 12.9. The smallest absolute Gasteiger partial charge is 0.295 e. The quantitative estimate of drug-likeness (QED) is 0.446. The van der Waals surface area contributed by atoms with Crippen LogP contribution in [0.5, 0.6) is 5.75 Å². The fraction of sp³-hybridized carbons (Fsp3) is 0.273. The molecule has 7 heteroatoms. The van der Waals surface area contributed by atoms with Gasteiger partial charge in [-0.2, -0.15) is 0 Å². The molecule has 1 N–H and O–H groups in total. The minimum Gasteiger partial charge on any atom is -0.507 e. The van der Waals surface area contributed by atoms with E-state index in [0.717, 1.165) is 0 Å². The molecule has 2 aromatic rings. The van der Waals surface area contributed by atoms with Crippen molar-refractivity contribution in [3.05, 3.63) is 70.3 Å². The lowest BCUT2D eigenvalue weighted by Gasteiger charge is -2.26. The highest BCUT2D eigenvalue weighted by Gasteiger charge is 2.45. The number of aliphatic hydroxyl groups is 1. The average molecular weight is 415 g/mol. The highest BCUT2D eigenvalue weighted by atomic mass is 35.5. The number of rotatable bonds is 6. The van der Waals surface area contributed by atoms with Gasteiger partial charge in [-0.1, -0.05) is 23.7 Å². The minimum atomic E-state index is -0.708. The lowest BCUT2D eigenvalue weighted by atomic mass is 9.95. The predicted molar refractivity (Wildman–Crippen MR) is 112 cm³/mol. The van der Waals surface area contributed by atoms with E-state index in [1.807, 2.05) is 25.1 Å². The maximum atomic E-state index is 12.9. The van der Waals surface area contributed by atoms with Crippen LogP contribution in [0.15, 0.2) is 54.1 Å². The first kappa shape index (κ1) is 20.9. The summed E-state index contributed by atoms with van der Waals surface area (Å²) in [6, 6.07) is 12.9. The zero-order valence-electron chi connectivity index (χ0n) is 16.6. The molecule has 0 aliphatic carbocycles. The number of Topliss-reactive ketones (excluding diaryl/α,β-unsaturated/α-hetero) is 1. The summed E-state index contributed by atoms with van der Waals surface area (Å²) in [7, 11) is 5.34. The number of carbonyl (C=O) groups is 2. The van der Waals surface area contributed by atoms with E-state index in [9.17, 15) is 14.7 Å². The van der Waals surface area contributed by atoms with E-state index in [0.29, 0.717) is 35.0 Å². The van der Waals surface area contributed by atoms with Crippen molar-refractivity contribution in [2.24, 2.45) is 0 Å². The van der Waals surface area contributed by atoms with E-state index in [1.54, 1.807) is 49.6 Å². The highest BCUT2D eigenvalue weighted by Crippen LogP contribution is 2.40. The summed E-state index contributed by atoms with van der Waals surface area (Å²) in [6.45, 7) is 0.922. The first-order chi connectivity index (χ1) is 13.8. The number of methoxy groups -OCH3 is 1. The summed E-state index contributed by atoms with van der Waals surface area (Å²) in [5.41, 5.74) is 1.18. The number of nitrogens with zero attached hydrogens (tertiary/aromatic N) is 2. The van der Waals surface area contributed by atoms with E-state index in [1.165, 1.54) is 4.90 Å². The third kappa shape index (κ3) is 4.28. The number of hydrogen-bond acceptors (Lipinski definition) is 5. The molecule has 1 aliphatic rings. The lowest BCUT2D eigenvalue weighted by Crippen LogP contribution is -2.35. The van der Waals surface area contributed by atoms with Crippen LogP contribution in [0.25, 0.3) is 5.76 Å². The number of hydrogen-bond donors (Lipinski definition) is 1. The van der Waals surface area contributed by atoms with Gasteiger partial charge < -0.3 is 19.6 Å². The van der Waals surface area contributed by atoms with E-state index in [-0.39, 0.29) is 11.3 Å². The molecule has 1 aliphatic heterocycles. The molecule has 0 aromatic heterocycles. The molecule has 0 spiro atoms. The Kier molecular flexibility index (Phi) is 6.25. The Hall–Kier alpha value is -2.83. The Morgan fingerprint density at radius 2 is 1.86 bits per heavy atom. The monoisotopic (exact) mass is 414 g/mol. The summed E-state index contributed by atoms with van der Waals surface area (Å²) in [5.74, 6) is -0.952. The van der Waals surface area contributed by atoms with Gasteiger partial charge in [0.2, 0.25) is 0 Å². The molecule has 152 valence electrons. The number of amides is 1. The van der Waals surface area contributed by atoms with E-state index in [2.05, 4.69) is 0 Å². The van der Waals surface area contributed by atoms with Crippen LogP contribution in [-0.4, -0.2) is 60.9 Å². The second-order valence-electron chi connectivity index (χ2n) is 7.08. The van der Waals surface area contributed by atoms with Gasteiger partial charge in [0.15, 0.2) is 0 Å². The van der Waals surface area contributed by atoms with Gasteiger partial charge >= 0.3 is 0 Å². The van der Waals surface area contributed by atoms with Gasteiger partial charge in [-0.25, -0.2) is 0 Å². The highest BCUT2D eigenvalue weighted by molar-refractivity contribution is 6.46. The van der Waals surface area contributed by atoms with Gasteiger partial charge in [0.1, 0.15) is 11.5 Å². The molecule has 3 rings (SSSR count). The maximum Gasteiger partial charge on any atom is 0.295 e. The first-order valence-corrected chi connectivity index (χ1v) is 9.54. The molecule has 1 amide bonds. The van der Waals surface area contributed by atoms with Crippen LogP contribution in [0, 0.1) is 0 Å².